The molecule has 1 aliphatic rings. The molecule has 0 amide bonds. The summed E-state index contributed by atoms with van der Waals surface area (Å²) in [5, 5.41) is 8.02. The Bertz CT molecular complexity index is 1310. The average molecular weight is 427 g/mol. The van der Waals surface area contributed by atoms with Crippen LogP contribution in [-0.2, 0) is 30.7 Å². The van der Waals surface area contributed by atoms with Crippen molar-refractivity contribution in [2.45, 2.75) is 45.9 Å². The van der Waals surface area contributed by atoms with Crippen LogP contribution in [0.2, 0.25) is 0 Å². The van der Waals surface area contributed by atoms with Gasteiger partial charge in [-0.1, -0.05) is 44.2 Å². The summed E-state index contributed by atoms with van der Waals surface area (Å²) in [5.74, 6) is 0.974. The summed E-state index contributed by atoms with van der Waals surface area (Å²) >= 11 is 7.10. The molecule has 4 heterocycles. The van der Waals surface area contributed by atoms with Gasteiger partial charge in [0.2, 0.25) is 10.5 Å². The number of rotatable bonds is 4. The Morgan fingerprint density at radius 2 is 2.14 bits per heavy atom. The second-order valence-corrected chi connectivity index (χ2v) is 9.31. The average Bonchev–Trinajstić information content (AvgIpc) is 3.28. The Balaban J connectivity index is 1.70. The minimum absolute atomic E-state index is 0.0133. The first-order valence-electron chi connectivity index (χ1n) is 9.84. The van der Waals surface area contributed by atoms with Gasteiger partial charge in [-0.15, -0.1) is 16.4 Å². The molecule has 29 heavy (non-hydrogen) atoms. The van der Waals surface area contributed by atoms with Gasteiger partial charge < -0.3 is 4.74 Å². The molecular weight excluding hydrogens is 404 g/mol. The van der Waals surface area contributed by atoms with Crippen LogP contribution < -0.4 is 5.56 Å². The van der Waals surface area contributed by atoms with Crippen LogP contribution in [0.25, 0.3) is 16.0 Å². The number of H-pyrrole nitrogens is 1. The Hall–Kier alpha value is -2.29. The van der Waals surface area contributed by atoms with Crippen molar-refractivity contribution >= 4 is 39.5 Å². The van der Waals surface area contributed by atoms with Crippen molar-refractivity contribution in [2.75, 3.05) is 0 Å². The standard InChI is InChI=1S/C21H22N4O2S2/c1-12(2)15-10-14-16(11-27-15)29-19-17(14)18(26)24(20-22-23-21(28)25(19)20)9-8-13-6-4-3-5-7-13/h3-7,12,15H,8-11H2,1-2H3,(H,23,28). The van der Waals surface area contributed by atoms with Crippen LogP contribution in [-0.4, -0.2) is 25.3 Å². The fourth-order valence-electron chi connectivity index (χ4n) is 4.04. The number of thiophene rings is 1. The molecule has 0 aliphatic carbocycles. The quantitative estimate of drug-likeness (QED) is 0.499. The highest BCUT2D eigenvalue weighted by molar-refractivity contribution is 7.71. The summed E-state index contributed by atoms with van der Waals surface area (Å²) in [6.07, 6.45) is 1.65. The number of benzene rings is 1. The molecule has 8 heteroatoms. The van der Waals surface area contributed by atoms with E-state index < -0.39 is 0 Å². The summed E-state index contributed by atoms with van der Waals surface area (Å²) in [6, 6.07) is 10.2. The number of nitrogens with zero attached hydrogens (tertiary/aromatic N) is 3. The zero-order valence-electron chi connectivity index (χ0n) is 16.3. The normalized spacial score (nSPS) is 16.7. The first kappa shape index (κ1) is 18.7. The number of hydrogen-bond acceptors (Lipinski definition) is 5. The lowest BCUT2D eigenvalue weighted by Gasteiger charge is -2.26. The number of nitrogens with one attached hydrogen (secondary N) is 1. The molecule has 0 saturated heterocycles. The SMILES string of the molecule is CC(C)C1Cc2c(sc3c2c(=O)n(CCc2ccccc2)c2n[nH]c(=S)n32)CO1. The molecule has 5 rings (SSSR count). The second kappa shape index (κ2) is 7.19. The van der Waals surface area contributed by atoms with E-state index in [0.29, 0.717) is 29.6 Å². The van der Waals surface area contributed by atoms with Gasteiger partial charge in [0.15, 0.2) is 0 Å². The third-order valence-electron chi connectivity index (χ3n) is 5.67. The Morgan fingerprint density at radius 1 is 1.34 bits per heavy atom. The van der Waals surface area contributed by atoms with Crippen molar-refractivity contribution in [1.82, 2.24) is 19.2 Å². The summed E-state index contributed by atoms with van der Waals surface area (Å²) in [4.78, 5) is 15.6. The lowest BCUT2D eigenvalue weighted by molar-refractivity contribution is 0.00200. The summed E-state index contributed by atoms with van der Waals surface area (Å²) in [6.45, 7) is 5.42. The fraction of sp³-hybridized carbons (Fsp3) is 0.381. The molecule has 0 spiro atoms. The van der Waals surface area contributed by atoms with E-state index in [9.17, 15) is 4.79 Å². The molecule has 1 aliphatic heterocycles. The van der Waals surface area contributed by atoms with Gasteiger partial charge in [-0.2, -0.15) is 0 Å². The number of aromatic nitrogens is 4. The van der Waals surface area contributed by atoms with Crippen molar-refractivity contribution in [3.8, 4) is 0 Å². The van der Waals surface area contributed by atoms with E-state index in [-0.39, 0.29) is 11.7 Å². The van der Waals surface area contributed by atoms with Crippen molar-refractivity contribution in [1.29, 1.82) is 0 Å². The Labute approximate surface area is 176 Å². The van der Waals surface area contributed by atoms with Crippen LogP contribution in [0.3, 0.4) is 0 Å². The van der Waals surface area contributed by atoms with E-state index >= 15 is 0 Å². The van der Waals surface area contributed by atoms with Crippen LogP contribution in [0.1, 0.15) is 29.9 Å². The van der Waals surface area contributed by atoms with Gasteiger partial charge >= 0.3 is 0 Å². The summed E-state index contributed by atoms with van der Waals surface area (Å²) < 4.78 is 10.2. The lowest BCUT2D eigenvalue weighted by Crippen LogP contribution is -2.28. The van der Waals surface area contributed by atoms with Gasteiger partial charge in [-0.3, -0.25) is 9.36 Å². The van der Waals surface area contributed by atoms with Gasteiger partial charge in [0.25, 0.3) is 5.56 Å². The van der Waals surface area contributed by atoms with Crippen LogP contribution >= 0.6 is 23.6 Å². The monoisotopic (exact) mass is 426 g/mol. The third kappa shape index (κ3) is 3.06. The summed E-state index contributed by atoms with van der Waals surface area (Å²) in [7, 11) is 0. The zero-order valence-corrected chi connectivity index (χ0v) is 18.0. The molecule has 1 N–H and O–H groups in total. The largest absolute Gasteiger partial charge is 0.372 e. The molecule has 1 atom stereocenters. The molecule has 6 nitrogen and oxygen atoms in total. The van der Waals surface area contributed by atoms with Gasteiger partial charge in [-0.05, 0) is 35.7 Å². The molecule has 0 fully saturated rings. The van der Waals surface area contributed by atoms with Crippen molar-refractivity contribution in [3.05, 3.63) is 61.5 Å². The molecule has 1 unspecified atom stereocenters. The predicted molar refractivity (Wildman–Crippen MR) is 117 cm³/mol. The number of ether oxygens (including phenoxy) is 1. The van der Waals surface area contributed by atoms with Gasteiger partial charge in [0.1, 0.15) is 4.83 Å². The zero-order chi connectivity index (χ0) is 20.1. The maximum atomic E-state index is 13.6. The van der Waals surface area contributed by atoms with Crippen LogP contribution in [0, 0.1) is 10.7 Å². The van der Waals surface area contributed by atoms with E-state index in [1.54, 1.807) is 15.9 Å². The van der Waals surface area contributed by atoms with Crippen molar-refractivity contribution in [3.63, 3.8) is 0 Å². The van der Waals surface area contributed by atoms with E-state index in [4.69, 9.17) is 17.0 Å². The highest BCUT2D eigenvalue weighted by atomic mass is 32.1. The number of fused-ring (bicyclic) bond motifs is 5. The van der Waals surface area contributed by atoms with E-state index in [1.165, 1.54) is 5.56 Å². The highest BCUT2D eigenvalue weighted by Gasteiger charge is 2.29. The molecule has 0 radical (unpaired) electrons. The molecule has 1 aromatic carbocycles. The number of aromatic amines is 1. The van der Waals surface area contributed by atoms with Crippen LogP contribution in [0.15, 0.2) is 35.1 Å². The molecule has 0 bridgehead atoms. The summed E-state index contributed by atoms with van der Waals surface area (Å²) in [5.41, 5.74) is 2.32. The van der Waals surface area contributed by atoms with Gasteiger partial charge in [0.05, 0.1) is 18.1 Å². The lowest BCUT2D eigenvalue weighted by atomic mass is 9.96. The number of hydrogen-bond donors (Lipinski definition) is 1. The smallest absolute Gasteiger partial charge is 0.263 e. The van der Waals surface area contributed by atoms with Crippen LogP contribution in [0.4, 0.5) is 0 Å². The highest BCUT2D eigenvalue weighted by Crippen LogP contribution is 2.36. The third-order valence-corrected chi connectivity index (χ3v) is 7.14. The number of aryl methyl sites for hydroxylation is 2. The van der Waals surface area contributed by atoms with Crippen molar-refractivity contribution in [2.24, 2.45) is 5.92 Å². The first-order chi connectivity index (χ1) is 14.0. The molecular formula is C21H22N4O2S2. The molecule has 150 valence electrons. The maximum absolute atomic E-state index is 13.6. The Kier molecular flexibility index (Phi) is 4.64. The molecule has 3 aromatic heterocycles. The Morgan fingerprint density at radius 3 is 2.90 bits per heavy atom. The predicted octanol–water partition coefficient (Wildman–Crippen LogP) is 4.11. The minimum atomic E-state index is 0.0133. The second-order valence-electron chi connectivity index (χ2n) is 7.84. The fourth-order valence-corrected chi connectivity index (χ4v) is 5.57. The van der Waals surface area contributed by atoms with Gasteiger partial charge in [0, 0.05) is 17.8 Å². The van der Waals surface area contributed by atoms with Crippen molar-refractivity contribution < 1.29 is 4.74 Å². The van der Waals surface area contributed by atoms with Gasteiger partial charge in [-0.25, -0.2) is 9.50 Å². The first-order valence-corrected chi connectivity index (χ1v) is 11.1. The topological polar surface area (TPSA) is 64.3 Å². The maximum Gasteiger partial charge on any atom is 0.263 e. The minimum Gasteiger partial charge on any atom is -0.372 e. The van der Waals surface area contributed by atoms with E-state index in [2.05, 4.69) is 36.2 Å². The van der Waals surface area contributed by atoms with E-state index in [0.717, 1.165) is 33.5 Å². The van der Waals surface area contributed by atoms with Crippen LogP contribution in [0.5, 0.6) is 0 Å². The molecule has 4 aromatic rings. The van der Waals surface area contributed by atoms with E-state index in [1.807, 2.05) is 22.6 Å². The molecule has 0 saturated carbocycles.